The molecule has 1 heterocycles. The van der Waals surface area contributed by atoms with E-state index in [0.717, 1.165) is 19.5 Å². The molecule has 1 aliphatic heterocycles. The summed E-state index contributed by atoms with van der Waals surface area (Å²) < 4.78 is 5.55. The Balaban J connectivity index is 2.45. The number of rotatable bonds is 2. The van der Waals surface area contributed by atoms with E-state index in [1.54, 1.807) is 0 Å². The third kappa shape index (κ3) is 2.99. The van der Waals surface area contributed by atoms with Crippen LogP contribution in [-0.4, -0.2) is 36.1 Å². The molecule has 13 heavy (non-hydrogen) atoms. The molecule has 0 aromatic heterocycles. The fourth-order valence-corrected chi connectivity index (χ4v) is 1.75. The van der Waals surface area contributed by atoms with Gasteiger partial charge in [0.1, 0.15) is 0 Å². The molecule has 0 aromatic carbocycles. The zero-order valence-electron chi connectivity index (χ0n) is 8.75. The summed E-state index contributed by atoms with van der Waals surface area (Å²) in [5.74, 6) is 0.268. The van der Waals surface area contributed by atoms with E-state index in [1.807, 2.05) is 25.7 Å². The van der Waals surface area contributed by atoms with Crippen molar-refractivity contribution in [2.45, 2.75) is 45.8 Å². The molecule has 0 N–H and O–H groups in total. The van der Waals surface area contributed by atoms with Crippen LogP contribution < -0.4 is 0 Å². The number of hydrogen-bond donors (Lipinski definition) is 0. The molecule has 0 saturated carbocycles. The molecule has 0 aromatic rings. The fraction of sp³-hybridized carbons (Fsp3) is 0.900. The van der Waals surface area contributed by atoms with Crippen molar-refractivity contribution < 1.29 is 9.53 Å². The molecule has 0 radical (unpaired) electrons. The second-order valence-electron chi connectivity index (χ2n) is 3.81. The molecule has 3 heteroatoms. The minimum absolute atomic E-state index is 0.185. The van der Waals surface area contributed by atoms with Crippen LogP contribution in [-0.2, 0) is 9.53 Å². The summed E-state index contributed by atoms with van der Waals surface area (Å²) in [6.07, 6.45) is 1.97. The van der Waals surface area contributed by atoms with E-state index in [0.29, 0.717) is 6.42 Å². The molecule has 1 rings (SSSR count). The van der Waals surface area contributed by atoms with Gasteiger partial charge in [-0.25, -0.2) is 0 Å². The van der Waals surface area contributed by atoms with Gasteiger partial charge in [-0.05, 0) is 20.3 Å². The van der Waals surface area contributed by atoms with Crippen LogP contribution in [0.3, 0.4) is 0 Å². The Labute approximate surface area is 80.1 Å². The standard InChI is InChI=1S/C10H19NO2/c1-4-5-10(12)11-6-8(2)13-9(3)7-11/h8-9H,4-7H2,1-3H3/t8-,9+. The van der Waals surface area contributed by atoms with E-state index >= 15 is 0 Å². The van der Waals surface area contributed by atoms with Crippen LogP contribution in [0, 0.1) is 0 Å². The van der Waals surface area contributed by atoms with E-state index < -0.39 is 0 Å². The summed E-state index contributed by atoms with van der Waals surface area (Å²) in [6.45, 7) is 7.57. The molecule has 0 spiro atoms. The van der Waals surface area contributed by atoms with Gasteiger partial charge in [0.05, 0.1) is 12.2 Å². The quantitative estimate of drug-likeness (QED) is 0.651. The maximum absolute atomic E-state index is 11.6. The molecule has 76 valence electrons. The Bertz CT molecular complexity index is 172. The van der Waals surface area contributed by atoms with E-state index in [9.17, 15) is 4.79 Å². The SMILES string of the molecule is CCCC(=O)N1C[C@@H](C)O[C@@H](C)C1. The summed E-state index contributed by atoms with van der Waals surface area (Å²) in [4.78, 5) is 13.5. The second kappa shape index (κ2) is 4.61. The molecule has 0 aliphatic carbocycles. The zero-order chi connectivity index (χ0) is 9.84. The van der Waals surface area contributed by atoms with Crippen LogP contribution in [0.15, 0.2) is 0 Å². The smallest absolute Gasteiger partial charge is 0.222 e. The van der Waals surface area contributed by atoms with Gasteiger partial charge in [0.15, 0.2) is 0 Å². The van der Waals surface area contributed by atoms with Gasteiger partial charge in [-0.3, -0.25) is 4.79 Å². The Morgan fingerprint density at radius 3 is 2.38 bits per heavy atom. The van der Waals surface area contributed by atoms with Crippen molar-refractivity contribution in [2.24, 2.45) is 0 Å². The number of carbonyl (C=O) groups excluding carboxylic acids is 1. The summed E-state index contributed by atoms with van der Waals surface area (Å²) in [6, 6.07) is 0. The highest BCUT2D eigenvalue weighted by atomic mass is 16.5. The number of nitrogens with zero attached hydrogens (tertiary/aromatic N) is 1. The average molecular weight is 185 g/mol. The Morgan fingerprint density at radius 1 is 1.38 bits per heavy atom. The molecule has 1 aliphatic rings. The minimum Gasteiger partial charge on any atom is -0.372 e. The number of hydrogen-bond acceptors (Lipinski definition) is 2. The van der Waals surface area contributed by atoms with Crippen LogP contribution >= 0.6 is 0 Å². The summed E-state index contributed by atoms with van der Waals surface area (Å²) >= 11 is 0. The molecule has 3 nitrogen and oxygen atoms in total. The highest BCUT2D eigenvalue weighted by molar-refractivity contribution is 5.76. The Kier molecular flexibility index (Phi) is 3.72. The van der Waals surface area contributed by atoms with Crippen molar-refractivity contribution in [3.8, 4) is 0 Å². The van der Waals surface area contributed by atoms with Crippen molar-refractivity contribution in [2.75, 3.05) is 13.1 Å². The average Bonchev–Trinajstić information content (AvgIpc) is 2.03. The van der Waals surface area contributed by atoms with Crippen LogP contribution in [0.4, 0.5) is 0 Å². The first-order valence-corrected chi connectivity index (χ1v) is 5.06. The van der Waals surface area contributed by atoms with E-state index in [2.05, 4.69) is 0 Å². The van der Waals surface area contributed by atoms with Crippen LogP contribution in [0.25, 0.3) is 0 Å². The third-order valence-corrected chi connectivity index (χ3v) is 2.24. The van der Waals surface area contributed by atoms with Crippen molar-refractivity contribution in [1.82, 2.24) is 4.90 Å². The lowest BCUT2D eigenvalue weighted by atomic mass is 10.2. The molecular weight excluding hydrogens is 166 g/mol. The normalized spacial score (nSPS) is 29.0. The summed E-state index contributed by atoms with van der Waals surface area (Å²) in [5, 5.41) is 0. The fourth-order valence-electron chi connectivity index (χ4n) is 1.75. The number of ether oxygens (including phenoxy) is 1. The van der Waals surface area contributed by atoms with E-state index in [-0.39, 0.29) is 18.1 Å². The van der Waals surface area contributed by atoms with Crippen molar-refractivity contribution >= 4 is 5.91 Å². The van der Waals surface area contributed by atoms with E-state index in [1.165, 1.54) is 0 Å². The first-order valence-electron chi connectivity index (χ1n) is 5.06. The molecule has 1 fully saturated rings. The molecular formula is C10H19NO2. The maximum Gasteiger partial charge on any atom is 0.222 e. The molecule has 1 saturated heterocycles. The van der Waals surface area contributed by atoms with Gasteiger partial charge in [0.25, 0.3) is 0 Å². The Hall–Kier alpha value is -0.570. The van der Waals surface area contributed by atoms with Gasteiger partial charge in [-0.2, -0.15) is 0 Å². The summed E-state index contributed by atoms with van der Waals surface area (Å²) in [5.41, 5.74) is 0. The van der Waals surface area contributed by atoms with Gasteiger partial charge in [-0.1, -0.05) is 6.92 Å². The largest absolute Gasteiger partial charge is 0.372 e. The maximum atomic E-state index is 11.6. The number of amides is 1. The lowest BCUT2D eigenvalue weighted by molar-refractivity contribution is -0.143. The minimum atomic E-state index is 0.185. The predicted octanol–water partition coefficient (Wildman–Crippen LogP) is 1.42. The lowest BCUT2D eigenvalue weighted by Crippen LogP contribution is -2.48. The molecule has 0 unspecified atom stereocenters. The number of morpholine rings is 1. The first-order chi connectivity index (χ1) is 6.13. The van der Waals surface area contributed by atoms with Gasteiger partial charge in [-0.15, -0.1) is 0 Å². The van der Waals surface area contributed by atoms with Gasteiger partial charge < -0.3 is 9.64 Å². The second-order valence-corrected chi connectivity index (χ2v) is 3.81. The molecule has 0 bridgehead atoms. The van der Waals surface area contributed by atoms with Crippen LogP contribution in [0.2, 0.25) is 0 Å². The van der Waals surface area contributed by atoms with Crippen molar-refractivity contribution in [3.05, 3.63) is 0 Å². The van der Waals surface area contributed by atoms with E-state index in [4.69, 9.17) is 4.74 Å². The topological polar surface area (TPSA) is 29.5 Å². The molecule has 1 amide bonds. The monoisotopic (exact) mass is 185 g/mol. The van der Waals surface area contributed by atoms with Gasteiger partial charge in [0.2, 0.25) is 5.91 Å². The van der Waals surface area contributed by atoms with Crippen LogP contribution in [0.1, 0.15) is 33.6 Å². The van der Waals surface area contributed by atoms with Gasteiger partial charge in [0, 0.05) is 19.5 Å². The third-order valence-electron chi connectivity index (χ3n) is 2.24. The van der Waals surface area contributed by atoms with Crippen molar-refractivity contribution in [1.29, 1.82) is 0 Å². The van der Waals surface area contributed by atoms with Gasteiger partial charge >= 0.3 is 0 Å². The summed E-state index contributed by atoms with van der Waals surface area (Å²) in [7, 11) is 0. The molecule has 2 atom stereocenters. The van der Waals surface area contributed by atoms with Crippen LogP contribution in [0.5, 0.6) is 0 Å². The highest BCUT2D eigenvalue weighted by Crippen LogP contribution is 2.11. The Morgan fingerprint density at radius 2 is 1.92 bits per heavy atom. The lowest BCUT2D eigenvalue weighted by Gasteiger charge is -2.35. The highest BCUT2D eigenvalue weighted by Gasteiger charge is 2.24. The van der Waals surface area contributed by atoms with Crippen molar-refractivity contribution in [3.63, 3.8) is 0 Å². The number of carbonyl (C=O) groups is 1. The predicted molar refractivity (Wildman–Crippen MR) is 51.5 cm³/mol. The zero-order valence-corrected chi connectivity index (χ0v) is 8.75. The first kappa shape index (κ1) is 10.5.